The SMILES string of the molecule is COC(=O)c1cccc(NC2CC(C)N(C3CC3)C2)c1. The van der Waals surface area contributed by atoms with E-state index in [2.05, 4.69) is 17.1 Å². The third-order valence-corrected chi connectivity index (χ3v) is 4.29. The van der Waals surface area contributed by atoms with E-state index >= 15 is 0 Å². The van der Waals surface area contributed by atoms with E-state index in [1.165, 1.54) is 26.4 Å². The van der Waals surface area contributed by atoms with Crippen LogP contribution in [0.2, 0.25) is 0 Å². The minimum absolute atomic E-state index is 0.284. The number of hydrogen-bond donors (Lipinski definition) is 1. The molecule has 108 valence electrons. The van der Waals surface area contributed by atoms with Gasteiger partial charge in [0.2, 0.25) is 0 Å². The lowest BCUT2D eigenvalue weighted by atomic mass is 10.1. The molecule has 0 aromatic heterocycles. The zero-order chi connectivity index (χ0) is 14.1. The van der Waals surface area contributed by atoms with Crippen molar-refractivity contribution < 1.29 is 9.53 Å². The van der Waals surface area contributed by atoms with Crippen molar-refractivity contribution in [3.05, 3.63) is 29.8 Å². The lowest BCUT2D eigenvalue weighted by molar-refractivity contribution is 0.0601. The Hall–Kier alpha value is -1.55. The van der Waals surface area contributed by atoms with Crippen LogP contribution in [0.1, 0.15) is 36.5 Å². The van der Waals surface area contributed by atoms with Crippen LogP contribution in [0.4, 0.5) is 5.69 Å². The van der Waals surface area contributed by atoms with Crippen LogP contribution < -0.4 is 5.32 Å². The number of carbonyl (C=O) groups excluding carboxylic acids is 1. The summed E-state index contributed by atoms with van der Waals surface area (Å²) in [6.07, 6.45) is 3.88. The van der Waals surface area contributed by atoms with Gasteiger partial charge in [-0.15, -0.1) is 0 Å². The van der Waals surface area contributed by atoms with Gasteiger partial charge in [-0.25, -0.2) is 4.79 Å². The van der Waals surface area contributed by atoms with E-state index in [0.717, 1.165) is 18.3 Å². The van der Waals surface area contributed by atoms with Gasteiger partial charge in [-0.05, 0) is 44.4 Å². The Kier molecular flexibility index (Phi) is 3.66. The molecule has 1 saturated heterocycles. The first-order chi connectivity index (χ1) is 9.67. The second kappa shape index (κ2) is 5.44. The van der Waals surface area contributed by atoms with Gasteiger partial charge in [0.05, 0.1) is 12.7 Å². The Labute approximate surface area is 120 Å². The number of likely N-dealkylation sites (tertiary alicyclic amines) is 1. The smallest absolute Gasteiger partial charge is 0.337 e. The van der Waals surface area contributed by atoms with Crippen molar-refractivity contribution in [2.24, 2.45) is 0 Å². The highest BCUT2D eigenvalue weighted by molar-refractivity contribution is 5.90. The molecule has 2 unspecified atom stereocenters. The molecule has 2 aliphatic rings. The van der Waals surface area contributed by atoms with Gasteiger partial charge < -0.3 is 10.1 Å². The van der Waals surface area contributed by atoms with Crippen LogP contribution in [-0.4, -0.2) is 42.6 Å². The zero-order valence-electron chi connectivity index (χ0n) is 12.1. The van der Waals surface area contributed by atoms with E-state index in [9.17, 15) is 4.79 Å². The predicted molar refractivity (Wildman–Crippen MR) is 79.0 cm³/mol. The summed E-state index contributed by atoms with van der Waals surface area (Å²) in [6.45, 7) is 3.42. The molecule has 0 radical (unpaired) electrons. The Bertz CT molecular complexity index is 499. The third kappa shape index (κ3) is 2.80. The number of hydrogen-bond acceptors (Lipinski definition) is 4. The van der Waals surface area contributed by atoms with Gasteiger partial charge in [0.15, 0.2) is 0 Å². The molecule has 1 aromatic rings. The molecule has 2 fully saturated rings. The molecule has 1 saturated carbocycles. The average Bonchev–Trinajstić information content (AvgIpc) is 3.23. The van der Waals surface area contributed by atoms with Crippen molar-refractivity contribution in [3.63, 3.8) is 0 Å². The lowest BCUT2D eigenvalue weighted by Gasteiger charge is -2.20. The molecule has 4 heteroatoms. The van der Waals surface area contributed by atoms with Crippen molar-refractivity contribution in [1.29, 1.82) is 0 Å². The maximum atomic E-state index is 11.5. The molecule has 1 heterocycles. The van der Waals surface area contributed by atoms with Gasteiger partial charge in [-0.3, -0.25) is 4.90 Å². The van der Waals surface area contributed by atoms with E-state index < -0.39 is 0 Å². The summed E-state index contributed by atoms with van der Waals surface area (Å²) in [5, 5.41) is 3.55. The molecule has 4 nitrogen and oxygen atoms in total. The molecule has 0 spiro atoms. The maximum absolute atomic E-state index is 11.5. The fraction of sp³-hybridized carbons (Fsp3) is 0.562. The van der Waals surface area contributed by atoms with Crippen LogP contribution in [0.25, 0.3) is 0 Å². The standard InChI is InChI=1S/C16H22N2O2/c1-11-8-14(10-18(11)15-6-7-15)17-13-5-3-4-12(9-13)16(19)20-2/h3-5,9,11,14-15,17H,6-8,10H2,1-2H3. The molecular weight excluding hydrogens is 252 g/mol. The molecule has 2 atom stereocenters. The van der Waals surface area contributed by atoms with Gasteiger partial charge in [0.1, 0.15) is 0 Å². The van der Waals surface area contributed by atoms with Crippen molar-refractivity contribution >= 4 is 11.7 Å². The van der Waals surface area contributed by atoms with Crippen molar-refractivity contribution in [1.82, 2.24) is 4.90 Å². The van der Waals surface area contributed by atoms with Gasteiger partial charge >= 0.3 is 5.97 Å². The van der Waals surface area contributed by atoms with Crippen LogP contribution >= 0.6 is 0 Å². The summed E-state index contributed by atoms with van der Waals surface area (Å²) >= 11 is 0. The number of anilines is 1. The quantitative estimate of drug-likeness (QED) is 0.857. The highest BCUT2D eigenvalue weighted by atomic mass is 16.5. The van der Waals surface area contributed by atoms with Gasteiger partial charge in [-0.1, -0.05) is 6.07 Å². The Morgan fingerprint density at radius 1 is 1.40 bits per heavy atom. The first kappa shape index (κ1) is 13.4. The summed E-state index contributed by atoms with van der Waals surface area (Å²) in [5.74, 6) is -0.284. The molecule has 0 bridgehead atoms. The Morgan fingerprint density at radius 3 is 2.90 bits per heavy atom. The van der Waals surface area contributed by atoms with Crippen LogP contribution in [0.15, 0.2) is 24.3 Å². The molecule has 1 aliphatic carbocycles. The van der Waals surface area contributed by atoms with Crippen LogP contribution in [-0.2, 0) is 4.74 Å². The fourth-order valence-electron chi connectivity index (χ4n) is 3.17. The Morgan fingerprint density at radius 2 is 2.20 bits per heavy atom. The van der Waals surface area contributed by atoms with Crippen molar-refractivity contribution in [3.8, 4) is 0 Å². The molecule has 1 aromatic carbocycles. The summed E-state index contributed by atoms with van der Waals surface area (Å²) in [6, 6.07) is 9.50. The van der Waals surface area contributed by atoms with E-state index in [4.69, 9.17) is 4.74 Å². The Balaban J connectivity index is 1.64. The van der Waals surface area contributed by atoms with E-state index in [-0.39, 0.29) is 5.97 Å². The molecule has 3 rings (SSSR count). The van der Waals surface area contributed by atoms with Gasteiger partial charge in [0.25, 0.3) is 0 Å². The van der Waals surface area contributed by atoms with E-state index in [1.54, 1.807) is 6.07 Å². The molecular formula is C16H22N2O2. The first-order valence-corrected chi connectivity index (χ1v) is 7.38. The van der Waals surface area contributed by atoms with Crippen molar-refractivity contribution in [2.75, 3.05) is 19.0 Å². The lowest BCUT2D eigenvalue weighted by Crippen LogP contribution is -2.31. The second-order valence-electron chi connectivity index (χ2n) is 5.93. The summed E-state index contributed by atoms with van der Waals surface area (Å²) in [7, 11) is 1.41. The third-order valence-electron chi connectivity index (χ3n) is 4.29. The average molecular weight is 274 g/mol. The van der Waals surface area contributed by atoms with Gasteiger partial charge in [-0.2, -0.15) is 0 Å². The number of nitrogens with one attached hydrogen (secondary N) is 1. The van der Waals surface area contributed by atoms with Crippen LogP contribution in [0.5, 0.6) is 0 Å². The molecule has 1 aliphatic heterocycles. The highest BCUT2D eigenvalue weighted by Gasteiger charge is 2.38. The summed E-state index contributed by atoms with van der Waals surface area (Å²) < 4.78 is 4.76. The predicted octanol–water partition coefficient (Wildman–Crippen LogP) is 2.51. The minimum Gasteiger partial charge on any atom is -0.465 e. The molecule has 1 N–H and O–H groups in total. The number of methoxy groups -OCH3 is 1. The van der Waals surface area contributed by atoms with E-state index in [0.29, 0.717) is 17.6 Å². The number of benzene rings is 1. The summed E-state index contributed by atoms with van der Waals surface area (Å²) in [4.78, 5) is 14.2. The van der Waals surface area contributed by atoms with Crippen LogP contribution in [0, 0.1) is 0 Å². The number of carbonyl (C=O) groups is 1. The number of ether oxygens (including phenoxy) is 1. The van der Waals surface area contributed by atoms with Crippen molar-refractivity contribution in [2.45, 2.75) is 44.3 Å². The second-order valence-corrected chi connectivity index (χ2v) is 5.93. The zero-order valence-corrected chi connectivity index (χ0v) is 12.1. The maximum Gasteiger partial charge on any atom is 0.337 e. The summed E-state index contributed by atoms with van der Waals surface area (Å²) in [5.41, 5.74) is 1.60. The minimum atomic E-state index is -0.284. The number of esters is 1. The first-order valence-electron chi connectivity index (χ1n) is 7.38. The normalized spacial score (nSPS) is 26.5. The number of rotatable bonds is 4. The molecule has 0 amide bonds. The largest absolute Gasteiger partial charge is 0.465 e. The van der Waals surface area contributed by atoms with Gasteiger partial charge in [0, 0.05) is 30.4 Å². The monoisotopic (exact) mass is 274 g/mol. The topological polar surface area (TPSA) is 41.6 Å². The van der Waals surface area contributed by atoms with E-state index in [1.807, 2.05) is 18.2 Å². The molecule has 20 heavy (non-hydrogen) atoms. The fourth-order valence-corrected chi connectivity index (χ4v) is 3.17. The number of nitrogens with zero attached hydrogens (tertiary/aromatic N) is 1. The highest BCUT2D eigenvalue weighted by Crippen LogP contribution is 2.34. The van der Waals surface area contributed by atoms with Crippen LogP contribution in [0.3, 0.4) is 0 Å².